The standard InChI is InChI=1S/C24H25N3O4/c28-23(20-5-1-2-6-21(20)24(29)27-30)26-18-9-7-16(8-10-18)15-31-19-11-12-22-17(14-19)4-3-13-25-22/h3-4,7-14,20-21,30H,1-2,5-6,15H2,(H,26,28)(H,27,29). The van der Waals surface area contributed by atoms with Crippen LogP contribution in [0.2, 0.25) is 0 Å². The number of hydrogen-bond donors (Lipinski definition) is 3. The van der Waals surface area contributed by atoms with Gasteiger partial charge in [0.1, 0.15) is 12.4 Å². The van der Waals surface area contributed by atoms with E-state index in [9.17, 15) is 9.59 Å². The monoisotopic (exact) mass is 419 g/mol. The molecule has 1 aliphatic rings. The molecule has 31 heavy (non-hydrogen) atoms. The van der Waals surface area contributed by atoms with E-state index in [-0.39, 0.29) is 5.91 Å². The van der Waals surface area contributed by atoms with Gasteiger partial charge in [-0.25, -0.2) is 5.48 Å². The Balaban J connectivity index is 1.35. The third kappa shape index (κ3) is 5.00. The molecule has 4 rings (SSSR count). The lowest BCUT2D eigenvalue weighted by Crippen LogP contribution is -2.40. The number of benzene rings is 2. The maximum Gasteiger partial charge on any atom is 0.247 e. The van der Waals surface area contributed by atoms with E-state index in [1.54, 1.807) is 11.7 Å². The second kappa shape index (κ2) is 9.57. The summed E-state index contributed by atoms with van der Waals surface area (Å²) in [6.45, 7) is 0.404. The van der Waals surface area contributed by atoms with Crippen molar-refractivity contribution in [1.29, 1.82) is 0 Å². The van der Waals surface area contributed by atoms with E-state index in [2.05, 4.69) is 10.3 Å². The van der Waals surface area contributed by atoms with Crippen LogP contribution >= 0.6 is 0 Å². The zero-order valence-corrected chi connectivity index (χ0v) is 17.1. The normalized spacial score (nSPS) is 18.4. The molecule has 0 radical (unpaired) electrons. The number of anilines is 1. The van der Waals surface area contributed by atoms with Gasteiger partial charge in [-0.1, -0.05) is 31.0 Å². The van der Waals surface area contributed by atoms with Crippen molar-refractivity contribution in [3.05, 3.63) is 66.4 Å². The average molecular weight is 419 g/mol. The summed E-state index contributed by atoms with van der Waals surface area (Å²) in [5, 5.41) is 12.9. The number of nitrogens with zero attached hydrogens (tertiary/aromatic N) is 1. The predicted octanol–water partition coefficient (Wildman–Crippen LogP) is 4.06. The first-order valence-electron chi connectivity index (χ1n) is 10.5. The fraction of sp³-hybridized carbons (Fsp3) is 0.292. The third-order valence-corrected chi connectivity index (χ3v) is 5.75. The highest BCUT2D eigenvalue weighted by molar-refractivity contribution is 5.96. The Morgan fingerprint density at radius 3 is 2.48 bits per heavy atom. The highest BCUT2D eigenvalue weighted by Crippen LogP contribution is 2.31. The van der Waals surface area contributed by atoms with E-state index in [1.165, 1.54) is 0 Å². The Morgan fingerprint density at radius 1 is 1.00 bits per heavy atom. The molecule has 7 nitrogen and oxygen atoms in total. The van der Waals surface area contributed by atoms with Crippen LogP contribution in [0.1, 0.15) is 31.2 Å². The van der Waals surface area contributed by atoms with Crippen molar-refractivity contribution in [3.63, 3.8) is 0 Å². The number of ether oxygens (including phenoxy) is 1. The van der Waals surface area contributed by atoms with Crippen LogP contribution in [0, 0.1) is 11.8 Å². The van der Waals surface area contributed by atoms with Crippen molar-refractivity contribution in [1.82, 2.24) is 10.5 Å². The largest absolute Gasteiger partial charge is 0.489 e. The minimum Gasteiger partial charge on any atom is -0.489 e. The number of nitrogens with one attached hydrogen (secondary N) is 2. The number of hydroxylamine groups is 1. The Labute approximate surface area is 180 Å². The minimum absolute atomic E-state index is 0.193. The van der Waals surface area contributed by atoms with E-state index < -0.39 is 17.7 Å². The molecule has 1 heterocycles. The molecular formula is C24H25N3O4. The first-order valence-corrected chi connectivity index (χ1v) is 10.5. The lowest BCUT2D eigenvalue weighted by Gasteiger charge is -2.28. The molecule has 7 heteroatoms. The summed E-state index contributed by atoms with van der Waals surface area (Å²) in [4.78, 5) is 28.9. The highest BCUT2D eigenvalue weighted by Gasteiger charge is 2.35. The average Bonchev–Trinajstić information content (AvgIpc) is 2.83. The van der Waals surface area contributed by atoms with Crippen molar-refractivity contribution in [2.45, 2.75) is 32.3 Å². The Morgan fingerprint density at radius 2 is 1.74 bits per heavy atom. The molecule has 1 aromatic heterocycles. The zero-order valence-electron chi connectivity index (χ0n) is 17.1. The lowest BCUT2D eigenvalue weighted by atomic mass is 9.78. The maximum absolute atomic E-state index is 12.7. The number of hydrogen-bond acceptors (Lipinski definition) is 5. The topological polar surface area (TPSA) is 101 Å². The number of pyridine rings is 1. The SMILES string of the molecule is O=C(NO)C1CCCCC1C(=O)Nc1ccc(COc2ccc3ncccc3c2)cc1. The van der Waals surface area contributed by atoms with Crippen LogP contribution in [-0.2, 0) is 16.2 Å². The molecule has 2 atom stereocenters. The van der Waals surface area contributed by atoms with Gasteiger partial charge in [-0.2, -0.15) is 0 Å². The van der Waals surface area contributed by atoms with Gasteiger partial charge < -0.3 is 10.1 Å². The maximum atomic E-state index is 12.7. The fourth-order valence-corrected chi connectivity index (χ4v) is 4.07. The van der Waals surface area contributed by atoms with Crippen LogP contribution in [0.4, 0.5) is 5.69 Å². The Bertz CT molecular complexity index is 1070. The number of carbonyl (C=O) groups excluding carboxylic acids is 2. The van der Waals surface area contributed by atoms with Crippen LogP contribution in [0.3, 0.4) is 0 Å². The second-order valence-electron chi connectivity index (χ2n) is 7.81. The van der Waals surface area contributed by atoms with Gasteiger partial charge in [0, 0.05) is 23.2 Å². The van der Waals surface area contributed by atoms with E-state index in [0.717, 1.165) is 35.1 Å². The number of amides is 2. The number of carbonyl (C=O) groups is 2. The Hall–Kier alpha value is -3.45. The molecule has 160 valence electrons. The van der Waals surface area contributed by atoms with Crippen LogP contribution in [0.15, 0.2) is 60.8 Å². The van der Waals surface area contributed by atoms with Crippen LogP contribution in [0.25, 0.3) is 10.9 Å². The molecule has 0 saturated heterocycles. The Kier molecular flexibility index (Phi) is 6.43. The van der Waals surface area contributed by atoms with E-state index >= 15 is 0 Å². The van der Waals surface area contributed by atoms with E-state index in [0.29, 0.717) is 25.1 Å². The molecule has 0 spiro atoms. The smallest absolute Gasteiger partial charge is 0.247 e. The van der Waals surface area contributed by atoms with Gasteiger partial charge in [0.2, 0.25) is 11.8 Å². The molecule has 0 bridgehead atoms. The van der Waals surface area contributed by atoms with Gasteiger partial charge in [-0.3, -0.25) is 19.8 Å². The number of aromatic nitrogens is 1. The summed E-state index contributed by atoms with van der Waals surface area (Å²) in [6.07, 6.45) is 4.78. The zero-order chi connectivity index (χ0) is 21.6. The minimum atomic E-state index is -0.497. The third-order valence-electron chi connectivity index (χ3n) is 5.75. The van der Waals surface area contributed by atoms with Gasteiger partial charge in [0.05, 0.1) is 11.4 Å². The molecule has 0 aliphatic heterocycles. The summed E-state index contributed by atoms with van der Waals surface area (Å²) < 4.78 is 5.89. The van der Waals surface area contributed by atoms with Gasteiger partial charge >= 0.3 is 0 Å². The van der Waals surface area contributed by atoms with E-state index in [1.807, 2.05) is 54.6 Å². The van der Waals surface area contributed by atoms with Gasteiger partial charge in [0.15, 0.2) is 0 Å². The van der Waals surface area contributed by atoms with Crippen molar-refractivity contribution >= 4 is 28.4 Å². The highest BCUT2D eigenvalue weighted by atomic mass is 16.5. The first kappa shape index (κ1) is 20.8. The molecule has 2 unspecified atom stereocenters. The molecule has 1 aliphatic carbocycles. The van der Waals surface area contributed by atoms with Gasteiger partial charge in [-0.05, 0) is 54.8 Å². The molecule has 2 aromatic carbocycles. The summed E-state index contributed by atoms with van der Waals surface area (Å²) in [5.74, 6) is -0.850. The molecular weight excluding hydrogens is 394 g/mol. The van der Waals surface area contributed by atoms with Crippen molar-refractivity contribution in [3.8, 4) is 5.75 Å². The molecule has 3 aromatic rings. The van der Waals surface area contributed by atoms with Crippen LogP contribution in [-0.4, -0.2) is 22.0 Å². The van der Waals surface area contributed by atoms with Crippen molar-refractivity contribution in [2.75, 3.05) is 5.32 Å². The van der Waals surface area contributed by atoms with Gasteiger partial charge in [-0.15, -0.1) is 0 Å². The van der Waals surface area contributed by atoms with Gasteiger partial charge in [0.25, 0.3) is 0 Å². The van der Waals surface area contributed by atoms with E-state index in [4.69, 9.17) is 9.94 Å². The molecule has 2 amide bonds. The lowest BCUT2D eigenvalue weighted by molar-refractivity contribution is -0.140. The molecule has 1 saturated carbocycles. The summed E-state index contributed by atoms with van der Waals surface area (Å²) >= 11 is 0. The first-order chi connectivity index (χ1) is 15.1. The van der Waals surface area contributed by atoms with Crippen LogP contribution < -0.4 is 15.5 Å². The number of rotatable bonds is 6. The summed E-state index contributed by atoms with van der Waals surface area (Å²) in [6, 6.07) is 17.1. The molecule has 3 N–H and O–H groups in total. The summed E-state index contributed by atoms with van der Waals surface area (Å²) in [7, 11) is 0. The van der Waals surface area contributed by atoms with Crippen molar-refractivity contribution in [2.24, 2.45) is 11.8 Å². The fourth-order valence-electron chi connectivity index (χ4n) is 4.07. The predicted molar refractivity (Wildman–Crippen MR) is 117 cm³/mol. The number of fused-ring (bicyclic) bond motifs is 1. The summed E-state index contributed by atoms with van der Waals surface area (Å²) in [5.41, 5.74) is 4.25. The van der Waals surface area contributed by atoms with Crippen molar-refractivity contribution < 1.29 is 19.5 Å². The second-order valence-corrected chi connectivity index (χ2v) is 7.81. The quantitative estimate of drug-likeness (QED) is 0.413. The van der Waals surface area contributed by atoms with Crippen LogP contribution in [0.5, 0.6) is 5.75 Å². The molecule has 1 fully saturated rings.